The molecule has 0 radical (unpaired) electrons. The Morgan fingerprint density at radius 1 is 0.425 bits per heavy atom. The van der Waals surface area contributed by atoms with Crippen LogP contribution < -0.4 is 4.74 Å². The number of aromatic amines is 3. The first-order chi connectivity index (χ1) is 37.1. The monoisotopic (exact) mass is 1140 g/mol. The molecule has 4 aromatic heterocycles. The second-order valence-electron chi connectivity index (χ2n) is 21.3. The first-order valence-corrected chi connectivity index (χ1v) is 23.2. The average Bonchev–Trinajstić information content (AvgIpc) is 4.16. The summed E-state index contributed by atoms with van der Waals surface area (Å²) >= 11 is 0. The van der Waals surface area contributed by atoms with Gasteiger partial charge in [-0.05, 0) is 34.1 Å². The third kappa shape index (κ3) is 7.60. The number of benzene rings is 4. The van der Waals surface area contributed by atoms with Crippen LogP contribution in [0.2, 0.25) is 0 Å². The van der Waals surface area contributed by atoms with Crippen LogP contribution >= 0.6 is 0 Å². The van der Waals surface area contributed by atoms with Crippen molar-refractivity contribution in [2.24, 2.45) is 0 Å². The molecular weight excluding hydrogens is 1110 g/mol. The Labute approximate surface area is 436 Å². The van der Waals surface area contributed by atoms with Crippen molar-refractivity contribution in [3.63, 3.8) is 0 Å². The van der Waals surface area contributed by atoms with Gasteiger partial charge in [-0.15, -0.1) is 0 Å². The Kier molecular flexibility index (Phi) is 12.2. The molecule has 2 aliphatic heterocycles. The molecule has 0 saturated heterocycles. The molecule has 416 valence electrons. The largest absolute Gasteiger partial charge is 0.478 e. The van der Waals surface area contributed by atoms with E-state index in [1.165, 1.54) is 26.0 Å². The van der Waals surface area contributed by atoms with E-state index in [9.17, 15) is 18.7 Å². The van der Waals surface area contributed by atoms with Crippen LogP contribution in [0.15, 0.2) is 24.3 Å². The van der Waals surface area contributed by atoms with Crippen LogP contribution in [0.4, 0.5) is 79.0 Å². The van der Waals surface area contributed by atoms with Crippen molar-refractivity contribution in [1.29, 1.82) is 0 Å². The number of nitrogens with zero attached hydrogens (tertiary/aromatic N) is 1. The van der Waals surface area contributed by atoms with Crippen LogP contribution in [0.5, 0.6) is 11.5 Å². The minimum absolute atomic E-state index is 0.0385. The van der Waals surface area contributed by atoms with Crippen molar-refractivity contribution < 1.29 is 93.7 Å². The van der Waals surface area contributed by atoms with Crippen molar-refractivity contribution in [2.45, 2.75) is 71.6 Å². The highest BCUT2D eigenvalue weighted by Gasteiger charge is 2.43. The molecule has 4 N–H and O–H groups in total. The molecule has 0 atom stereocenters. The summed E-state index contributed by atoms with van der Waals surface area (Å²) in [5, 5.41) is 10.6. The van der Waals surface area contributed by atoms with E-state index >= 15 is 70.2 Å². The van der Waals surface area contributed by atoms with E-state index in [0.717, 1.165) is 6.07 Å². The maximum atomic E-state index is 17.6. The van der Waals surface area contributed by atoms with Crippen LogP contribution in [-0.4, -0.2) is 31.0 Å². The molecule has 25 heteroatoms. The van der Waals surface area contributed by atoms with E-state index in [1.54, 1.807) is 52.6 Å². The molecule has 0 unspecified atom stereocenters. The number of carboxylic acids is 1. The van der Waals surface area contributed by atoms with Crippen LogP contribution in [-0.2, 0) is 16.2 Å². The van der Waals surface area contributed by atoms with Gasteiger partial charge in [0.15, 0.2) is 93.1 Å². The molecule has 8 bridgehead atoms. The number of halogens is 18. The van der Waals surface area contributed by atoms with Gasteiger partial charge < -0.3 is 24.8 Å². The molecule has 10 rings (SSSR count). The second kappa shape index (κ2) is 17.8. The van der Waals surface area contributed by atoms with Crippen molar-refractivity contribution in [3.05, 3.63) is 157 Å². The van der Waals surface area contributed by atoms with Gasteiger partial charge in [-0.3, -0.25) is 0 Å². The number of aromatic carboxylic acids is 1. The van der Waals surface area contributed by atoms with Gasteiger partial charge in [-0.25, -0.2) is 88.8 Å². The lowest BCUT2D eigenvalue weighted by molar-refractivity contribution is 0.0693. The quantitative estimate of drug-likeness (QED) is 0.0800. The van der Waals surface area contributed by atoms with Crippen molar-refractivity contribution >= 4 is 50.7 Å². The summed E-state index contributed by atoms with van der Waals surface area (Å²) in [4.78, 5) is 21.8. The number of H-pyrrole nitrogens is 3. The summed E-state index contributed by atoms with van der Waals surface area (Å²) in [6.07, 6.45) is 0. The maximum Gasteiger partial charge on any atom is 0.339 e. The van der Waals surface area contributed by atoms with Gasteiger partial charge in [0.1, 0.15) is 34.0 Å². The number of nitrogens with one attached hydrogen (secondary N) is 3. The number of fused-ring (bicyclic) bond motifs is 11. The van der Waals surface area contributed by atoms with Gasteiger partial charge in [-0.2, -0.15) is 0 Å². The second-order valence-corrected chi connectivity index (χ2v) is 21.3. The van der Waals surface area contributed by atoms with Gasteiger partial charge in [-0.1, -0.05) is 67.5 Å². The highest BCUT2D eigenvalue weighted by molar-refractivity contribution is 6.05. The number of aromatic nitrogens is 4. The van der Waals surface area contributed by atoms with E-state index in [2.05, 4.69) is 4.98 Å². The van der Waals surface area contributed by atoms with Gasteiger partial charge in [0.25, 0.3) is 0 Å². The summed E-state index contributed by atoms with van der Waals surface area (Å²) in [5.41, 5.74) is -29.9. The normalized spacial score (nSPS) is 13.9. The Bertz CT molecular complexity index is 4290. The summed E-state index contributed by atoms with van der Waals surface area (Å²) in [5.74, 6) is -52.3. The zero-order valence-corrected chi connectivity index (χ0v) is 41.8. The van der Waals surface area contributed by atoms with Gasteiger partial charge in [0.05, 0.1) is 38.7 Å². The first-order valence-electron chi connectivity index (χ1n) is 23.2. The van der Waals surface area contributed by atoms with Gasteiger partial charge >= 0.3 is 5.97 Å². The molecule has 4 aromatic carbocycles. The Balaban J connectivity index is 1.56. The van der Waals surface area contributed by atoms with E-state index in [4.69, 9.17) is 4.74 Å². The number of carboxylic acid groups (broad SMARTS) is 1. The van der Waals surface area contributed by atoms with E-state index in [0.29, 0.717) is 5.56 Å². The molecule has 0 spiro atoms. The number of carbonyl (C=O) groups is 1. The minimum atomic E-state index is -2.94. The SMILES string of the molecule is CC(C)(C)c1cc(C(=O)O)c2c(c1)C(C)(C)c1cc(C(C)(C)C)cc(-c3c4[nH]c(c(F)c4F)c(-c4c(F)c(F)c(F)c(F)c4F)c4nc(c5[nH]c(c(F)c5F)c(-c5c(F)c(F)c(F)c(F)c5F)c5[nH]c3c(F)c5F)C(F)=C4F)c1O2. The van der Waals surface area contributed by atoms with Crippen LogP contribution in [0.1, 0.15) is 99.4 Å². The molecule has 0 aliphatic carbocycles. The third-order valence-corrected chi connectivity index (χ3v) is 14.1. The van der Waals surface area contributed by atoms with Crippen molar-refractivity contribution in [3.8, 4) is 44.9 Å². The molecule has 7 nitrogen and oxygen atoms in total. The van der Waals surface area contributed by atoms with Crippen molar-refractivity contribution in [2.75, 3.05) is 0 Å². The average molecular weight is 1140 g/mol. The van der Waals surface area contributed by atoms with E-state index < -0.39 is 222 Å². The predicted octanol–water partition coefficient (Wildman–Crippen LogP) is 17.2. The summed E-state index contributed by atoms with van der Waals surface area (Å²) < 4.78 is 297. The lowest BCUT2D eigenvalue weighted by Gasteiger charge is -2.38. The number of hydrogen-bond donors (Lipinski definition) is 4. The molecule has 0 amide bonds. The molecule has 80 heavy (non-hydrogen) atoms. The first kappa shape index (κ1) is 55.0. The lowest BCUT2D eigenvalue weighted by Crippen LogP contribution is -2.28. The molecule has 8 aromatic rings. The predicted molar refractivity (Wildman–Crippen MR) is 254 cm³/mol. The van der Waals surface area contributed by atoms with Crippen LogP contribution in [0.25, 0.3) is 78.1 Å². The highest BCUT2D eigenvalue weighted by Crippen LogP contribution is 2.56. The smallest absolute Gasteiger partial charge is 0.339 e. The van der Waals surface area contributed by atoms with Crippen LogP contribution in [0.3, 0.4) is 0 Å². The molecule has 2 aliphatic rings. The number of ether oxygens (including phenoxy) is 1. The number of hydrogen-bond acceptors (Lipinski definition) is 3. The van der Waals surface area contributed by atoms with E-state index in [-0.39, 0.29) is 16.7 Å². The zero-order chi connectivity index (χ0) is 59.0. The Morgan fingerprint density at radius 3 is 1.19 bits per heavy atom. The minimum Gasteiger partial charge on any atom is -0.478 e. The van der Waals surface area contributed by atoms with Crippen molar-refractivity contribution in [1.82, 2.24) is 19.9 Å². The van der Waals surface area contributed by atoms with Crippen LogP contribution in [0, 0.1) is 93.1 Å². The Morgan fingerprint density at radius 2 is 0.762 bits per heavy atom. The topological polar surface area (TPSA) is 107 Å². The van der Waals surface area contributed by atoms with Gasteiger partial charge in [0.2, 0.25) is 11.6 Å². The maximum absolute atomic E-state index is 17.6. The standard InChI is InChI=1S/C55H32F18N4O3/c1-53(2,3)13-9-15(50-17(11-13)55(7,8)18-12-14(54(4,5)6)10-16(52(78)79)51(18)80-50)19-42-34(66)36(68)44(74-42)22(20-24(56)28(60)32(64)29(61)25(20)57)46-38(70)40(72)48(76-46)49-41(73)39(71)47(77-49)23(45-37(69)35(67)43(19)75-45)21-26(58)30(62)33(65)31(63)27(21)59/h9-12,74-76H,1-8H3,(H,78,79). The fourth-order valence-electron chi connectivity index (χ4n) is 9.78. The molecule has 6 heterocycles. The summed E-state index contributed by atoms with van der Waals surface area (Å²) in [7, 11) is 0. The van der Waals surface area contributed by atoms with Gasteiger partial charge in [0, 0.05) is 38.8 Å². The summed E-state index contributed by atoms with van der Waals surface area (Å²) in [6.45, 7) is 13.0. The zero-order valence-electron chi connectivity index (χ0n) is 41.8. The Hall–Kier alpha value is -8.38. The molecular formula is C55H32F18N4O3. The molecule has 0 fully saturated rings. The fourth-order valence-corrected chi connectivity index (χ4v) is 9.78. The fraction of sp³-hybridized carbons (Fsp3) is 0.200. The molecule has 0 saturated carbocycles. The lowest BCUT2D eigenvalue weighted by atomic mass is 9.70. The highest BCUT2D eigenvalue weighted by atomic mass is 19.2. The summed E-state index contributed by atoms with van der Waals surface area (Å²) in [6, 6.07) is 5.27. The van der Waals surface area contributed by atoms with E-state index in [1.807, 2.05) is 9.97 Å². The third-order valence-electron chi connectivity index (χ3n) is 14.1. The number of rotatable bonds is 4.